The molecular weight excluding hydrogens is 282 g/mol. The van der Waals surface area contributed by atoms with Gasteiger partial charge in [-0.2, -0.15) is 0 Å². The molecule has 0 saturated carbocycles. The molecule has 108 valence electrons. The molecule has 0 aliphatic heterocycles. The summed E-state index contributed by atoms with van der Waals surface area (Å²) in [5.41, 5.74) is 3.12. The molecule has 2 aromatic heterocycles. The van der Waals surface area contributed by atoms with Gasteiger partial charge in [-0.1, -0.05) is 12.1 Å². The van der Waals surface area contributed by atoms with Gasteiger partial charge >= 0.3 is 0 Å². The molecule has 2 N–H and O–H groups in total. The molecule has 3 aromatic rings. The number of hydrogen-bond donors (Lipinski definition) is 2. The number of aryl methyl sites for hydroxylation is 1. The number of fused-ring (bicyclic) bond motifs is 1. The molecule has 0 fully saturated rings. The van der Waals surface area contributed by atoms with E-state index in [-0.39, 0.29) is 11.8 Å². The zero-order valence-corrected chi connectivity index (χ0v) is 12.8. The second-order valence-electron chi connectivity index (χ2n) is 5.16. The van der Waals surface area contributed by atoms with Gasteiger partial charge in [-0.3, -0.25) is 4.79 Å². The summed E-state index contributed by atoms with van der Waals surface area (Å²) >= 11 is 1.60. The lowest BCUT2D eigenvalue weighted by molar-refractivity contribution is -0.122. The molecule has 0 aliphatic rings. The number of H-pyrrole nitrogens is 1. The maximum absolute atomic E-state index is 12.1. The number of hydrogen-bond acceptors (Lipinski definition) is 3. The van der Waals surface area contributed by atoms with Crippen molar-refractivity contribution in [2.45, 2.75) is 26.3 Å². The zero-order chi connectivity index (χ0) is 14.8. The highest BCUT2D eigenvalue weighted by Crippen LogP contribution is 2.20. The number of aromatic amines is 1. The lowest BCUT2D eigenvalue weighted by atomic mass is 10.1. The maximum Gasteiger partial charge on any atom is 0.228 e. The Morgan fingerprint density at radius 2 is 2.29 bits per heavy atom. The van der Waals surface area contributed by atoms with Gasteiger partial charge in [0.1, 0.15) is 5.82 Å². The number of carbonyl (C=O) groups is 1. The predicted molar refractivity (Wildman–Crippen MR) is 85.4 cm³/mol. The molecule has 0 spiro atoms. The van der Waals surface area contributed by atoms with Gasteiger partial charge in [-0.15, -0.1) is 11.3 Å². The van der Waals surface area contributed by atoms with Crippen molar-refractivity contribution < 1.29 is 4.79 Å². The van der Waals surface area contributed by atoms with Crippen LogP contribution in [0.4, 0.5) is 0 Å². The number of imidazole rings is 1. The lowest BCUT2D eigenvalue weighted by Gasteiger charge is -2.09. The van der Waals surface area contributed by atoms with Crippen LogP contribution in [0.3, 0.4) is 0 Å². The standard InChI is InChI=1S/C16H17N3OS/c1-10-5-6-12-13(8-10)19-15(18-12)9-17-16(20)11(2)14-4-3-7-21-14/h3-8,11H,9H2,1-2H3,(H,17,20)(H,18,19). The molecule has 4 nitrogen and oxygen atoms in total. The molecule has 0 saturated heterocycles. The van der Waals surface area contributed by atoms with Crippen LogP contribution in [-0.2, 0) is 11.3 Å². The van der Waals surface area contributed by atoms with E-state index < -0.39 is 0 Å². The number of rotatable bonds is 4. The lowest BCUT2D eigenvalue weighted by Crippen LogP contribution is -2.27. The van der Waals surface area contributed by atoms with Crippen molar-refractivity contribution in [1.29, 1.82) is 0 Å². The van der Waals surface area contributed by atoms with E-state index in [1.165, 1.54) is 5.56 Å². The van der Waals surface area contributed by atoms with E-state index in [4.69, 9.17) is 0 Å². The SMILES string of the molecule is Cc1ccc2nc(CNC(=O)C(C)c3cccs3)[nH]c2c1. The topological polar surface area (TPSA) is 57.8 Å². The van der Waals surface area contributed by atoms with Crippen molar-refractivity contribution in [2.75, 3.05) is 0 Å². The van der Waals surface area contributed by atoms with E-state index >= 15 is 0 Å². The zero-order valence-electron chi connectivity index (χ0n) is 12.0. The van der Waals surface area contributed by atoms with Gasteiger partial charge in [0, 0.05) is 4.88 Å². The van der Waals surface area contributed by atoms with Crippen molar-refractivity contribution in [3.63, 3.8) is 0 Å². The summed E-state index contributed by atoms with van der Waals surface area (Å²) in [6.45, 7) is 4.38. The smallest absolute Gasteiger partial charge is 0.228 e. The van der Waals surface area contributed by atoms with Crippen LogP contribution in [0, 0.1) is 6.92 Å². The summed E-state index contributed by atoms with van der Waals surface area (Å²) < 4.78 is 0. The molecule has 5 heteroatoms. The monoisotopic (exact) mass is 299 g/mol. The van der Waals surface area contributed by atoms with Gasteiger partial charge in [0.2, 0.25) is 5.91 Å². The highest BCUT2D eigenvalue weighted by atomic mass is 32.1. The Morgan fingerprint density at radius 1 is 1.43 bits per heavy atom. The Bertz CT molecular complexity index is 761. The first kappa shape index (κ1) is 13.8. The minimum absolute atomic E-state index is 0.0223. The summed E-state index contributed by atoms with van der Waals surface area (Å²) in [5.74, 6) is 0.674. The second-order valence-corrected chi connectivity index (χ2v) is 6.14. The Kier molecular flexibility index (Phi) is 3.75. The van der Waals surface area contributed by atoms with Crippen LogP contribution >= 0.6 is 11.3 Å². The van der Waals surface area contributed by atoms with E-state index in [2.05, 4.69) is 21.4 Å². The van der Waals surface area contributed by atoms with Crippen molar-refractivity contribution in [3.05, 3.63) is 52.0 Å². The number of thiophene rings is 1. The average Bonchev–Trinajstić information content (AvgIpc) is 3.12. The highest BCUT2D eigenvalue weighted by Gasteiger charge is 2.16. The third-order valence-corrected chi connectivity index (χ3v) is 4.53. The van der Waals surface area contributed by atoms with Gasteiger partial charge in [0.05, 0.1) is 23.5 Å². The van der Waals surface area contributed by atoms with Crippen molar-refractivity contribution >= 4 is 28.3 Å². The summed E-state index contributed by atoms with van der Waals surface area (Å²) in [5, 5.41) is 4.92. The predicted octanol–water partition coefficient (Wildman–Crippen LogP) is 3.35. The summed E-state index contributed by atoms with van der Waals surface area (Å²) in [4.78, 5) is 20.9. The van der Waals surface area contributed by atoms with Crippen LogP contribution in [0.25, 0.3) is 11.0 Å². The van der Waals surface area contributed by atoms with E-state index in [1.807, 2.05) is 43.5 Å². The first-order chi connectivity index (χ1) is 10.1. The summed E-state index contributed by atoms with van der Waals surface area (Å²) in [6, 6.07) is 10.0. The van der Waals surface area contributed by atoms with E-state index in [0.717, 1.165) is 21.7 Å². The number of benzene rings is 1. The largest absolute Gasteiger partial charge is 0.348 e. The van der Waals surface area contributed by atoms with E-state index in [9.17, 15) is 4.79 Å². The van der Waals surface area contributed by atoms with Crippen LogP contribution in [0.2, 0.25) is 0 Å². The molecule has 0 bridgehead atoms. The van der Waals surface area contributed by atoms with Crippen LogP contribution in [0.15, 0.2) is 35.7 Å². The first-order valence-corrected chi connectivity index (χ1v) is 7.78. The molecule has 1 unspecified atom stereocenters. The number of amides is 1. The van der Waals surface area contributed by atoms with Crippen LogP contribution in [-0.4, -0.2) is 15.9 Å². The summed E-state index contributed by atoms with van der Waals surface area (Å²) in [6.07, 6.45) is 0. The van der Waals surface area contributed by atoms with Crippen LogP contribution < -0.4 is 5.32 Å². The molecule has 1 atom stereocenters. The van der Waals surface area contributed by atoms with Crippen LogP contribution in [0.5, 0.6) is 0 Å². The summed E-state index contributed by atoms with van der Waals surface area (Å²) in [7, 11) is 0. The number of carbonyl (C=O) groups excluding carboxylic acids is 1. The molecular formula is C16H17N3OS. The van der Waals surface area contributed by atoms with Gasteiger partial charge in [-0.05, 0) is 43.0 Å². The first-order valence-electron chi connectivity index (χ1n) is 6.90. The fraction of sp³-hybridized carbons (Fsp3) is 0.250. The molecule has 2 heterocycles. The molecule has 21 heavy (non-hydrogen) atoms. The number of aromatic nitrogens is 2. The fourth-order valence-corrected chi connectivity index (χ4v) is 3.03. The number of nitrogens with one attached hydrogen (secondary N) is 2. The highest BCUT2D eigenvalue weighted by molar-refractivity contribution is 7.10. The Labute approximate surface area is 127 Å². The minimum atomic E-state index is -0.128. The van der Waals surface area contributed by atoms with Gasteiger partial charge in [0.25, 0.3) is 0 Å². The molecule has 3 rings (SSSR count). The molecule has 1 aromatic carbocycles. The van der Waals surface area contributed by atoms with Gasteiger partial charge in [-0.25, -0.2) is 4.98 Å². The Morgan fingerprint density at radius 3 is 3.05 bits per heavy atom. The third-order valence-electron chi connectivity index (χ3n) is 3.48. The van der Waals surface area contributed by atoms with Gasteiger partial charge in [0.15, 0.2) is 0 Å². The quantitative estimate of drug-likeness (QED) is 0.776. The van der Waals surface area contributed by atoms with Crippen molar-refractivity contribution in [1.82, 2.24) is 15.3 Å². The molecule has 0 aliphatic carbocycles. The molecule has 0 radical (unpaired) electrons. The third kappa shape index (κ3) is 2.97. The fourth-order valence-electron chi connectivity index (χ4n) is 2.25. The van der Waals surface area contributed by atoms with Gasteiger partial charge < -0.3 is 10.3 Å². The minimum Gasteiger partial charge on any atom is -0.348 e. The second kappa shape index (κ2) is 5.69. The normalized spacial score (nSPS) is 12.5. The average molecular weight is 299 g/mol. The van der Waals surface area contributed by atoms with E-state index in [1.54, 1.807) is 11.3 Å². The van der Waals surface area contributed by atoms with Crippen molar-refractivity contribution in [2.24, 2.45) is 0 Å². The van der Waals surface area contributed by atoms with Crippen molar-refractivity contribution in [3.8, 4) is 0 Å². The number of nitrogens with zero attached hydrogens (tertiary/aromatic N) is 1. The van der Waals surface area contributed by atoms with E-state index in [0.29, 0.717) is 6.54 Å². The Hall–Kier alpha value is -2.14. The van der Waals surface area contributed by atoms with Crippen LogP contribution in [0.1, 0.15) is 29.1 Å². The maximum atomic E-state index is 12.1. The molecule has 1 amide bonds. The Balaban J connectivity index is 1.67.